The van der Waals surface area contributed by atoms with Crippen molar-refractivity contribution in [3.05, 3.63) is 0 Å². The van der Waals surface area contributed by atoms with Crippen LogP contribution in [0.15, 0.2) is 0 Å². The molecule has 4 nitrogen and oxygen atoms in total. The van der Waals surface area contributed by atoms with Crippen molar-refractivity contribution < 1.29 is 15.0 Å². The first-order chi connectivity index (χ1) is 4.54. The van der Waals surface area contributed by atoms with Crippen molar-refractivity contribution in [3.8, 4) is 0 Å². The topological polar surface area (TPSA) is 69.6 Å². The molecule has 1 aliphatic heterocycles. The summed E-state index contributed by atoms with van der Waals surface area (Å²) in [4.78, 5) is 10.4. The lowest BCUT2D eigenvalue weighted by Crippen LogP contribution is -2.47. The molecule has 0 saturated carbocycles. The molecule has 1 heterocycles. The molecule has 2 atom stereocenters. The Labute approximate surface area is 58.9 Å². The maximum Gasteiger partial charge on any atom is 0.351 e. The van der Waals surface area contributed by atoms with Crippen LogP contribution in [0.5, 0.6) is 0 Å². The van der Waals surface area contributed by atoms with E-state index in [1.165, 1.54) is 0 Å². The van der Waals surface area contributed by atoms with Gasteiger partial charge in [0.2, 0.25) is 5.72 Å². The summed E-state index contributed by atoms with van der Waals surface area (Å²) in [6, 6.07) is 0. The molecular formula is C6H11NO3. The Balaban J connectivity index is 2.63. The summed E-state index contributed by atoms with van der Waals surface area (Å²) in [6.07, 6.45) is 0.294. The van der Waals surface area contributed by atoms with Gasteiger partial charge in [-0.3, -0.25) is 5.32 Å². The largest absolute Gasteiger partial charge is 0.478 e. The van der Waals surface area contributed by atoms with Crippen LogP contribution in [-0.2, 0) is 4.79 Å². The molecule has 1 saturated heterocycles. The Morgan fingerprint density at radius 2 is 2.40 bits per heavy atom. The van der Waals surface area contributed by atoms with Gasteiger partial charge in [0.25, 0.3) is 0 Å². The van der Waals surface area contributed by atoms with Crippen molar-refractivity contribution in [3.63, 3.8) is 0 Å². The number of rotatable bonds is 1. The maximum absolute atomic E-state index is 10.4. The number of hydrogen-bond acceptors (Lipinski definition) is 3. The van der Waals surface area contributed by atoms with Crippen LogP contribution in [0.3, 0.4) is 0 Å². The highest BCUT2D eigenvalue weighted by atomic mass is 16.4. The van der Waals surface area contributed by atoms with Crippen molar-refractivity contribution >= 4 is 5.97 Å². The van der Waals surface area contributed by atoms with Crippen molar-refractivity contribution in [2.24, 2.45) is 5.92 Å². The average Bonchev–Trinajstić information content (AvgIpc) is 2.13. The van der Waals surface area contributed by atoms with Crippen LogP contribution in [0.2, 0.25) is 0 Å². The van der Waals surface area contributed by atoms with E-state index in [2.05, 4.69) is 5.32 Å². The van der Waals surface area contributed by atoms with E-state index in [0.717, 1.165) is 0 Å². The monoisotopic (exact) mass is 145 g/mol. The number of carboxylic acid groups (broad SMARTS) is 1. The smallest absolute Gasteiger partial charge is 0.351 e. The van der Waals surface area contributed by atoms with Crippen LogP contribution < -0.4 is 5.32 Å². The second-order valence-electron chi connectivity index (χ2n) is 2.86. The summed E-state index contributed by atoms with van der Waals surface area (Å²) in [5.74, 6) is -0.946. The van der Waals surface area contributed by atoms with Gasteiger partial charge in [-0.05, 0) is 5.92 Å². The number of carboxylic acids is 1. The molecule has 0 aromatic rings. The minimum absolute atomic E-state index is 0.237. The SMILES string of the molecule is C[C@@H]1CN[C@](O)(C(=O)O)C1. The summed E-state index contributed by atoms with van der Waals surface area (Å²) < 4.78 is 0. The van der Waals surface area contributed by atoms with Crippen LogP contribution in [0, 0.1) is 5.92 Å². The van der Waals surface area contributed by atoms with Gasteiger partial charge in [0, 0.05) is 13.0 Å². The Bertz CT molecular complexity index is 159. The predicted molar refractivity (Wildman–Crippen MR) is 34.4 cm³/mol. The van der Waals surface area contributed by atoms with E-state index in [1.54, 1.807) is 0 Å². The van der Waals surface area contributed by atoms with E-state index in [-0.39, 0.29) is 5.92 Å². The molecule has 0 unspecified atom stereocenters. The Hall–Kier alpha value is -0.610. The third kappa shape index (κ3) is 1.12. The zero-order valence-electron chi connectivity index (χ0n) is 5.79. The van der Waals surface area contributed by atoms with Gasteiger partial charge >= 0.3 is 5.97 Å². The van der Waals surface area contributed by atoms with Crippen LogP contribution in [-0.4, -0.2) is 28.5 Å². The maximum atomic E-state index is 10.4. The predicted octanol–water partition coefficient (Wildman–Crippen LogP) is -0.611. The highest BCUT2D eigenvalue weighted by Crippen LogP contribution is 2.20. The average molecular weight is 145 g/mol. The number of hydrogen-bond donors (Lipinski definition) is 3. The number of nitrogens with one attached hydrogen (secondary N) is 1. The van der Waals surface area contributed by atoms with E-state index in [9.17, 15) is 9.90 Å². The van der Waals surface area contributed by atoms with Gasteiger partial charge < -0.3 is 10.2 Å². The summed E-state index contributed by atoms with van der Waals surface area (Å²) in [5, 5.41) is 20.2. The highest BCUT2D eigenvalue weighted by molar-refractivity contribution is 5.76. The Kier molecular flexibility index (Phi) is 1.66. The number of aliphatic carboxylic acids is 1. The van der Waals surface area contributed by atoms with Gasteiger partial charge in [-0.25, -0.2) is 4.79 Å². The molecule has 3 N–H and O–H groups in total. The molecule has 10 heavy (non-hydrogen) atoms. The second kappa shape index (κ2) is 2.21. The quantitative estimate of drug-likeness (QED) is 0.460. The van der Waals surface area contributed by atoms with Crippen molar-refractivity contribution in [2.45, 2.75) is 19.1 Å². The van der Waals surface area contributed by atoms with Crippen molar-refractivity contribution in [2.75, 3.05) is 6.54 Å². The van der Waals surface area contributed by atoms with Gasteiger partial charge in [-0.2, -0.15) is 0 Å². The molecule has 1 fully saturated rings. The zero-order valence-corrected chi connectivity index (χ0v) is 5.79. The lowest BCUT2D eigenvalue weighted by Gasteiger charge is -2.15. The first-order valence-corrected chi connectivity index (χ1v) is 3.25. The first-order valence-electron chi connectivity index (χ1n) is 3.25. The molecule has 1 aliphatic rings. The van der Waals surface area contributed by atoms with Gasteiger partial charge in [0.15, 0.2) is 0 Å². The summed E-state index contributed by atoms with van der Waals surface area (Å²) in [5.41, 5.74) is -1.67. The van der Waals surface area contributed by atoms with E-state index in [4.69, 9.17) is 5.11 Å². The molecule has 0 amide bonds. The highest BCUT2D eigenvalue weighted by Gasteiger charge is 2.41. The molecule has 0 bridgehead atoms. The molecule has 58 valence electrons. The fourth-order valence-electron chi connectivity index (χ4n) is 1.15. The molecule has 0 aliphatic carbocycles. The zero-order chi connectivity index (χ0) is 7.78. The normalized spacial score (nSPS) is 40.0. The van der Waals surface area contributed by atoms with Crippen molar-refractivity contribution in [1.29, 1.82) is 0 Å². The molecule has 0 aromatic carbocycles. The molecular weight excluding hydrogens is 134 g/mol. The van der Waals surface area contributed by atoms with Crippen LogP contribution >= 0.6 is 0 Å². The summed E-state index contributed by atoms with van der Waals surface area (Å²) >= 11 is 0. The summed E-state index contributed by atoms with van der Waals surface area (Å²) in [6.45, 7) is 2.47. The minimum atomic E-state index is -1.67. The third-order valence-corrected chi connectivity index (χ3v) is 1.74. The van der Waals surface area contributed by atoms with E-state index < -0.39 is 11.7 Å². The molecule has 0 radical (unpaired) electrons. The van der Waals surface area contributed by atoms with Crippen LogP contribution in [0.25, 0.3) is 0 Å². The molecule has 0 aromatic heterocycles. The first kappa shape index (κ1) is 7.50. The van der Waals surface area contributed by atoms with Gasteiger partial charge in [-0.1, -0.05) is 6.92 Å². The third-order valence-electron chi connectivity index (χ3n) is 1.74. The molecule has 4 heteroatoms. The minimum Gasteiger partial charge on any atom is -0.478 e. The number of aliphatic hydroxyl groups is 1. The molecule has 0 spiro atoms. The Morgan fingerprint density at radius 1 is 1.80 bits per heavy atom. The Morgan fingerprint density at radius 3 is 2.60 bits per heavy atom. The van der Waals surface area contributed by atoms with E-state index >= 15 is 0 Å². The van der Waals surface area contributed by atoms with Crippen molar-refractivity contribution in [1.82, 2.24) is 5.32 Å². The molecule has 1 rings (SSSR count). The van der Waals surface area contributed by atoms with E-state index in [1.807, 2.05) is 6.92 Å². The van der Waals surface area contributed by atoms with E-state index in [0.29, 0.717) is 13.0 Å². The lowest BCUT2D eigenvalue weighted by molar-refractivity contribution is -0.160. The van der Waals surface area contributed by atoms with Crippen LogP contribution in [0.4, 0.5) is 0 Å². The fraction of sp³-hybridized carbons (Fsp3) is 0.833. The van der Waals surface area contributed by atoms with Gasteiger partial charge in [0.05, 0.1) is 0 Å². The van der Waals surface area contributed by atoms with Gasteiger partial charge in [0.1, 0.15) is 0 Å². The fourth-order valence-corrected chi connectivity index (χ4v) is 1.15. The van der Waals surface area contributed by atoms with Gasteiger partial charge in [-0.15, -0.1) is 0 Å². The summed E-state index contributed by atoms with van der Waals surface area (Å²) in [7, 11) is 0. The standard InChI is InChI=1S/C6H11NO3/c1-4-2-6(10,5(8)9)7-3-4/h4,7,10H,2-3H2,1H3,(H,8,9)/t4-,6+/m0/s1. The van der Waals surface area contributed by atoms with Crippen LogP contribution in [0.1, 0.15) is 13.3 Å². The second-order valence-corrected chi connectivity index (χ2v) is 2.86. The lowest BCUT2D eigenvalue weighted by atomic mass is 10.1. The number of carbonyl (C=O) groups is 1.